The van der Waals surface area contributed by atoms with Gasteiger partial charge in [-0.2, -0.15) is 0 Å². The molecule has 0 atom stereocenters. The van der Waals surface area contributed by atoms with Crippen molar-refractivity contribution in [2.45, 2.75) is 51.0 Å². The van der Waals surface area contributed by atoms with Crippen molar-refractivity contribution in [3.63, 3.8) is 0 Å². The summed E-state index contributed by atoms with van der Waals surface area (Å²) in [5.74, 6) is -0.763. The zero-order valence-corrected chi connectivity index (χ0v) is 11.6. The number of rotatable bonds is 3. The second-order valence-corrected chi connectivity index (χ2v) is 6.30. The lowest BCUT2D eigenvalue weighted by molar-refractivity contribution is -0.142. The van der Waals surface area contributed by atoms with Crippen LogP contribution in [0.25, 0.3) is 0 Å². The lowest BCUT2D eigenvalue weighted by Crippen LogP contribution is -2.38. The Balaban J connectivity index is 1.91. The van der Waals surface area contributed by atoms with Crippen LogP contribution in [0.5, 0.6) is 0 Å². The quantitative estimate of drug-likeness (QED) is 0.907. The number of carbonyl (C=O) groups is 1. The monoisotopic (exact) mass is 259 g/mol. The Morgan fingerprint density at radius 1 is 1.37 bits per heavy atom. The van der Waals surface area contributed by atoms with Crippen molar-refractivity contribution in [1.29, 1.82) is 0 Å². The third kappa shape index (κ3) is 1.92. The van der Waals surface area contributed by atoms with Gasteiger partial charge in [0.15, 0.2) is 0 Å². The summed E-state index contributed by atoms with van der Waals surface area (Å²) in [4.78, 5) is 13.8. The van der Waals surface area contributed by atoms with E-state index in [0.717, 1.165) is 24.6 Å². The highest BCUT2D eigenvalue weighted by atomic mass is 16.4. The van der Waals surface area contributed by atoms with Crippen LogP contribution < -0.4 is 4.90 Å². The summed E-state index contributed by atoms with van der Waals surface area (Å²) in [5, 5.41) is 9.32. The van der Waals surface area contributed by atoms with E-state index in [-0.39, 0.29) is 0 Å². The standard InChI is InChI=1S/C16H21NO2/c1-16(2,15(18)19)12-6-7-14-11(10-12)8-9-17(14)13-4-3-5-13/h6-7,10,13H,3-5,8-9H2,1-2H3,(H,18,19). The summed E-state index contributed by atoms with van der Waals surface area (Å²) in [5.41, 5.74) is 2.75. The molecule has 1 aromatic carbocycles. The molecule has 1 aromatic rings. The van der Waals surface area contributed by atoms with Gasteiger partial charge in [0.25, 0.3) is 0 Å². The maximum absolute atomic E-state index is 11.3. The Morgan fingerprint density at radius 2 is 2.11 bits per heavy atom. The first-order valence-corrected chi connectivity index (χ1v) is 7.13. The predicted octanol–water partition coefficient (Wildman–Crippen LogP) is 2.96. The molecule has 0 unspecified atom stereocenters. The number of fused-ring (bicyclic) bond motifs is 1. The van der Waals surface area contributed by atoms with Crippen molar-refractivity contribution in [3.8, 4) is 0 Å². The Hall–Kier alpha value is -1.51. The lowest BCUT2D eigenvalue weighted by Gasteiger charge is -2.36. The van der Waals surface area contributed by atoms with Crippen molar-refractivity contribution in [3.05, 3.63) is 29.3 Å². The minimum Gasteiger partial charge on any atom is -0.481 e. The highest BCUT2D eigenvalue weighted by molar-refractivity contribution is 5.81. The van der Waals surface area contributed by atoms with E-state index in [1.165, 1.54) is 30.5 Å². The number of nitrogens with zero attached hydrogens (tertiary/aromatic N) is 1. The average Bonchev–Trinajstić information content (AvgIpc) is 2.70. The molecular formula is C16H21NO2. The molecule has 0 radical (unpaired) electrons. The summed E-state index contributed by atoms with van der Waals surface area (Å²) in [7, 11) is 0. The lowest BCUT2D eigenvalue weighted by atomic mass is 9.83. The highest BCUT2D eigenvalue weighted by Gasteiger charge is 2.33. The summed E-state index contributed by atoms with van der Waals surface area (Å²) in [6.07, 6.45) is 5.01. The molecule has 3 rings (SSSR count). The molecule has 3 nitrogen and oxygen atoms in total. The first-order valence-electron chi connectivity index (χ1n) is 7.13. The number of carboxylic acids is 1. The van der Waals surface area contributed by atoms with Gasteiger partial charge in [0, 0.05) is 18.3 Å². The molecule has 1 saturated carbocycles. The summed E-state index contributed by atoms with van der Waals surface area (Å²) in [6.45, 7) is 4.64. The summed E-state index contributed by atoms with van der Waals surface area (Å²) < 4.78 is 0. The SMILES string of the molecule is CC(C)(C(=O)O)c1ccc2c(c1)CCN2C1CCC1. The van der Waals surface area contributed by atoms with Crippen LogP contribution in [-0.2, 0) is 16.6 Å². The van der Waals surface area contributed by atoms with Crippen molar-refractivity contribution in [1.82, 2.24) is 0 Å². The molecule has 0 saturated heterocycles. The van der Waals surface area contributed by atoms with Crippen molar-refractivity contribution in [2.75, 3.05) is 11.4 Å². The van der Waals surface area contributed by atoms with E-state index in [1.54, 1.807) is 13.8 Å². The minimum absolute atomic E-state index is 0.722. The molecule has 1 heterocycles. The Kier molecular flexibility index (Phi) is 2.80. The second kappa shape index (κ2) is 4.26. The van der Waals surface area contributed by atoms with E-state index in [0.29, 0.717) is 0 Å². The van der Waals surface area contributed by atoms with E-state index in [4.69, 9.17) is 0 Å². The fraction of sp³-hybridized carbons (Fsp3) is 0.562. The number of hydrogen-bond acceptors (Lipinski definition) is 2. The number of anilines is 1. The van der Waals surface area contributed by atoms with E-state index in [9.17, 15) is 9.90 Å². The van der Waals surface area contributed by atoms with E-state index < -0.39 is 11.4 Å². The summed E-state index contributed by atoms with van der Waals surface area (Å²) in [6, 6.07) is 6.94. The fourth-order valence-corrected chi connectivity index (χ4v) is 3.02. The van der Waals surface area contributed by atoms with Crippen molar-refractivity contribution >= 4 is 11.7 Å². The molecule has 0 amide bonds. The Bertz CT molecular complexity index is 517. The molecule has 102 valence electrons. The molecule has 0 spiro atoms. The third-order valence-corrected chi connectivity index (χ3v) is 4.78. The average molecular weight is 259 g/mol. The predicted molar refractivity (Wildman–Crippen MR) is 75.8 cm³/mol. The van der Waals surface area contributed by atoms with Gasteiger partial charge in [-0.25, -0.2) is 0 Å². The van der Waals surface area contributed by atoms with Crippen LogP contribution in [0.3, 0.4) is 0 Å². The molecule has 1 N–H and O–H groups in total. The smallest absolute Gasteiger partial charge is 0.313 e. The summed E-state index contributed by atoms with van der Waals surface area (Å²) >= 11 is 0. The molecule has 1 aliphatic heterocycles. The molecule has 2 aliphatic rings. The number of aliphatic carboxylic acids is 1. The zero-order valence-electron chi connectivity index (χ0n) is 11.6. The van der Waals surface area contributed by atoms with Crippen molar-refractivity contribution in [2.24, 2.45) is 0 Å². The minimum atomic E-state index is -0.807. The van der Waals surface area contributed by atoms with Gasteiger partial charge >= 0.3 is 5.97 Å². The molecule has 19 heavy (non-hydrogen) atoms. The largest absolute Gasteiger partial charge is 0.481 e. The molecule has 1 aliphatic carbocycles. The maximum Gasteiger partial charge on any atom is 0.313 e. The molecule has 1 fully saturated rings. The van der Waals surface area contributed by atoms with Gasteiger partial charge < -0.3 is 10.0 Å². The number of benzene rings is 1. The van der Waals surface area contributed by atoms with Crippen LogP contribution in [0, 0.1) is 0 Å². The van der Waals surface area contributed by atoms with E-state index >= 15 is 0 Å². The normalized spacial score (nSPS) is 19.2. The van der Waals surface area contributed by atoms with Gasteiger partial charge in [-0.15, -0.1) is 0 Å². The van der Waals surface area contributed by atoms with Gasteiger partial charge in [0.2, 0.25) is 0 Å². The highest BCUT2D eigenvalue weighted by Crippen LogP contribution is 2.38. The Labute approximate surface area is 114 Å². The first-order chi connectivity index (χ1) is 9.00. The van der Waals surface area contributed by atoms with Crippen LogP contribution in [0.4, 0.5) is 5.69 Å². The second-order valence-electron chi connectivity index (χ2n) is 6.30. The Morgan fingerprint density at radius 3 is 2.68 bits per heavy atom. The van der Waals surface area contributed by atoms with Crippen LogP contribution in [-0.4, -0.2) is 23.7 Å². The van der Waals surface area contributed by atoms with Crippen LogP contribution in [0.15, 0.2) is 18.2 Å². The molecular weight excluding hydrogens is 238 g/mol. The molecule has 0 aromatic heterocycles. The third-order valence-electron chi connectivity index (χ3n) is 4.78. The van der Waals surface area contributed by atoms with Gasteiger partial charge in [0.1, 0.15) is 0 Å². The maximum atomic E-state index is 11.3. The van der Waals surface area contributed by atoms with E-state index in [2.05, 4.69) is 17.0 Å². The first kappa shape index (κ1) is 12.5. The van der Waals surface area contributed by atoms with Crippen LogP contribution >= 0.6 is 0 Å². The number of hydrogen-bond donors (Lipinski definition) is 1. The van der Waals surface area contributed by atoms with Gasteiger partial charge in [0.05, 0.1) is 5.41 Å². The topological polar surface area (TPSA) is 40.5 Å². The molecule has 0 bridgehead atoms. The molecule has 3 heteroatoms. The van der Waals surface area contributed by atoms with Crippen LogP contribution in [0.2, 0.25) is 0 Å². The van der Waals surface area contributed by atoms with Gasteiger partial charge in [-0.3, -0.25) is 4.79 Å². The number of carboxylic acid groups (broad SMARTS) is 1. The van der Waals surface area contributed by atoms with Crippen molar-refractivity contribution < 1.29 is 9.90 Å². The zero-order chi connectivity index (χ0) is 13.6. The van der Waals surface area contributed by atoms with Gasteiger partial charge in [-0.1, -0.05) is 12.1 Å². The fourth-order valence-electron chi connectivity index (χ4n) is 3.02. The van der Waals surface area contributed by atoms with Crippen LogP contribution in [0.1, 0.15) is 44.2 Å². The van der Waals surface area contributed by atoms with Gasteiger partial charge in [-0.05, 0) is 56.7 Å². The van der Waals surface area contributed by atoms with E-state index in [1.807, 2.05) is 6.07 Å².